The first-order valence-electron chi connectivity index (χ1n) is 2.65. The molecule has 7 heavy (non-hydrogen) atoms. The molecule has 0 spiro atoms. The predicted octanol–water partition coefficient (Wildman–Crippen LogP) is 1.61. The van der Waals surface area contributed by atoms with Crippen molar-refractivity contribution in [3.05, 3.63) is 0 Å². The highest BCUT2D eigenvalue weighted by molar-refractivity contribution is 9.06. The first-order valence-corrected chi connectivity index (χ1v) is 5.30. The molecule has 0 fully saturated rings. The molecule has 0 aromatic heterocycles. The highest BCUT2D eigenvalue weighted by Gasteiger charge is 1.86. The molecule has 0 aromatic rings. The van der Waals surface area contributed by atoms with Gasteiger partial charge in [-0.2, -0.15) is 0 Å². The minimum absolute atomic E-state index is 0.256. The summed E-state index contributed by atoms with van der Waals surface area (Å²) in [6.45, 7) is 3.14. The highest BCUT2D eigenvalue weighted by atomic mass is 79.9. The van der Waals surface area contributed by atoms with E-state index in [1.165, 1.54) is 10.6 Å². The number of halogens is 1. The Bertz CT molecular complexity index is 30.9. The molecular weight excluding hydrogens is 171 g/mol. The Morgan fingerprint density at radius 2 is 2.43 bits per heavy atom. The van der Waals surface area contributed by atoms with Crippen LogP contribution in [0.1, 0.15) is 6.92 Å². The first kappa shape index (κ1) is 7.97. The molecule has 0 aliphatic rings. The molecular formula is C4H10AlBrO. The van der Waals surface area contributed by atoms with E-state index >= 15 is 0 Å². The Labute approximate surface area is 59.6 Å². The van der Waals surface area contributed by atoms with Crippen LogP contribution in [-0.2, 0) is 3.83 Å². The van der Waals surface area contributed by atoms with E-state index in [0.29, 0.717) is 0 Å². The Hall–Kier alpha value is 0.972. The summed E-state index contributed by atoms with van der Waals surface area (Å²) in [6, 6.07) is 0. The third-order valence-electron chi connectivity index (χ3n) is 0.825. The summed E-state index contributed by atoms with van der Waals surface area (Å²) in [4.78, 5) is 0. The fraction of sp³-hybridized carbons (Fsp3) is 1.00. The zero-order chi connectivity index (χ0) is 5.54. The second-order valence-corrected chi connectivity index (χ2v) is 4.39. The second-order valence-electron chi connectivity index (χ2n) is 1.52. The van der Waals surface area contributed by atoms with Gasteiger partial charge in [0, 0.05) is 6.61 Å². The molecule has 0 unspecified atom stereocenters. The molecule has 0 aromatic carbocycles. The van der Waals surface area contributed by atoms with Crippen LogP contribution in [0, 0.1) is 0 Å². The standard InChI is InChI=1S/C2H4BrO.C2H5.Al.H/c1-2-4-3;1-2;;/h1-2H2;1H2,2H3;;. The Kier molecular flexibility index (Phi) is 7.94. The molecule has 0 amide bonds. The number of rotatable bonds is 4. The van der Waals surface area contributed by atoms with Crippen molar-refractivity contribution in [2.75, 3.05) is 6.61 Å². The van der Waals surface area contributed by atoms with Gasteiger partial charge in [0.25, 0.3) is 0 Å². The molecule has 0 bridgehead atoms. The van der Waals surface area contributed by atoms with Gasteiger partial charge < -0.3 is 3.83 Å². The maximum absolute atomic E-state index is 4.69. The van der Waals surface area contributed by atoms with E-state index in [1.54, 1.807) is 0 Å². The summed E-state index contributed by atoms with van der Waals surface area (Å²) in [5.74, 6) is 0. The van der Waals surface area contributed by atoms with Gasteiger partial charge >= 0.3 is 0 Å². The van der Waals surface area contributed by atoms with Gasteiger partial charge in [-0.1, -0.05) is 17.5 Å². The van der Waals surface area contributed by atoms with E-state index in [2.05, 4.69) is 23.2 Å². The van der Waals surface area contributed by atoms with Gasteiger partial charge in [-0.25, -0.2) is 0 Å². The molecule has 0 heterocycles. The van der Waals surface area contributed by atoms with Gasteiger partial charge in [0.1, 0.15) is 0 Å². The van der Waals surface area contributed by atoms with Crippen LogP contribution in [0.25, 0.3) is 0 Å². The molecule has 0 rings (SSSR count). The van der Waals surface area contributed by atoms with E-state index in [9.17, 15) is 0 Å². The lowest BCUT2D eigenvalue weighted by Gasteiger charge is -1.87. The van der Waals surface area contributed by atoms with Crippen molar-refractivity contribution in [2.24, 2.45) is 0 Å². The Balaban J connectivity index is 2.45. The van der Waals surface area contributed by atoms with Crippen LogP contribution < -0.4 is 0 Å². The lowest BCUT2D eigenvalue weighted by atomic mass is 10.9. The van der Waals surface area contributed by atoms with E-state index < -0.39 is 0 Å². The van der Waals surface area contributed by atoms with Gasteiger partial charge in [-0.3, -0.25) is 0 Å². The number of hydrogen-bond acceptors (Lipinski definition) is 1. The zero-order valence-electron chi connectivity index (χ0n) is 4.61. The SMILES string of the molecule is C[CH2][AlH][CH2]COBr. The van der Waals surface area contributed by atoms with Crippen LogP contribution in [0.15, 0.2) is 0 Å². The molecule has 0 radical (unpaired) electrons. The third kappa shape index (κ3) is 6.97. The smallest absolute Gasteiger partial charge is 0.240 e. The predicted molar refractivity (Wildman–Crippen MR) is 37.3 cm³/mol. The van der Waals surface area contributed by atoms with E-state index in [4.69, 9.17) is 3.83 Å². The minimum Gasteiger partial charge on any atom is -0.309 e. The largest absolute Gasteiger partial charge is 0.309 e. The maximum Gasteiger partial charge on any atom is 0.240 e. The maximum atomic E-state index is 4.69. The van der Waals surface area contributed by atoms with E-state index in [0.717, 1.165) is 6.61 Å². The molecule has 0 saturated carbocycles. The highest BCUT2D eigenvalue weighted by Crippen LogP contribution is 1.89. The summed E-state index contributed by atoms with van der Waals surface area (Å²) < 4.78 is 4.69. The van der Waals surface area contributed by atoms with Crippen molar-refractivity contribution in [3.63, 3.8) is 0 Å². The van der Waals surface area contributed by atoms with Crippen molar-refractivity contribution in [2.45, 2.75) is 17.5 Å². The minimum atomic E-state index is 0.256. The summed E-state index contributed by atoms with van der Waals surface area (Å²) in [5, 5.41) is 2.71. The Morgan fingerprint density at radius 3 is 2.86 bits per heavy atom. The van der Waals surface area contributed by atoms with Crippen molar-refractivity contribution < 1.29 is 3.83 Å². The quantitative estimate of drug-likeness (QED) is 0.472. The fourth-order valence-corrected chi connectivity index (χ4v) is 1.91. The van der Waals surface area contributed by atoms with Crippen LogP contribution in [0.2, 0.25) is 10.6 Å². The third-order valence-corrected chi connectivity index (χ3v) is 2.64. The van der Waals surface area contributed by atoms with Crippen LogP contribution in [0.4, 0.5) is 0 Å². The monoisotopic (exact) mass is 180 g/mol. The molecule has 0 saturated heterocycles. The topological polar surface area (TPSA) is 9.23 Å². The molecule has 0 aliphatic carbocycles. The Morgan fingerprint density at radius 1 is 1.71 bits per heavy atom. The average Bonchev–Trinajstić information content (AvgIpc) is 1.69. The molecule has 1 nitrogen and oxygen atoms in total. The van der Waals surface area contributed by atoms with Gasteiger partial charge in [0.2, 0.25) is 15.2 Å². The summed E-state index contributed by atoms with van der Waals surface area (Å²) >= 11 is 3.16. The van der Waals surface area contributed by atoms with Crippen molar-refractivity contribution in [1.29, 1.82) is 0 Å². The van der Waals surface area contributed by atoms with E-state index in [-0.39, 0.29) is 15.2 Å². The zero-order valence-corrected chi connectivity index (χ0v) is 7.61. The summed E-state index contributed by atoms with van der Waals surface area (Å²) in [7, 11) is 0. The van der Waals surface area contributed by atoms with Crippen molar-refractivity contribution in [1.82, 2.24) is 0 Å². The number of hydrogen-bond donors (Lipinski definition) is 0. The van der Waals surface area contributed by atoms with Crippen LogP contribution in [0.5, 0.6) is 0 Å². The normalized spacial score (nSPS) is 8.86. The average molecular weight is 181 g/mol. The van der Waals surface area contributed by atoms with Gasteiger partial charge in [-0.15, -0.1) is 0 Å². The molecule has 42 valence electrons. The molecule has 3 heteroatoms. The summed E-state index contributed by atoms with van der Waals surface area (Å²) in [6.07, 6.45) is 0. The van der Waals surface area contributed by atoms with Crippen LogP contribution in [-0.4, -0.2) is 21.8 Å². The molecule has 0 atom stereocenters. The lowest BCUT2D eigenvalue weighted by molar-refractivity contribution is 0.425. The van der Waals surface area contributed by atoms with Gasteiger partial charge in [-0.05, 0) is 0 Å². The molecule has 0 N–H and O–H groups in total. The van der Waals surface area contributed by atoms with Crippen molar-refractivity contribution >= 4 is 31.5 Å². The fourth-order valence-electron chi connectivity index (χ4n) is 0.407. The van der Waals surface area contributed by atoms with Crippen LogP contribution in [0.3, 0.4) is 0 Å². The lowest BCUT2D eigenvalue weighted by Crippen LogP contribution is -1.89. The molecule has 0 aliphatic heterocycles. The first-order chi connectivity index (χ1) is 3.41. The second kappa shape index (κ2) is 6.97. The van der Waals surface area contributed by atoms with Gasteiger partial charge in [0.05, 0.1) is 16.3 Å². The van der Waals surface area contributed by atoms with Crippen LogP contribution >= 0.6 is 16.3 Å². The van der Waals surface area contributed by atoms with Gasteiger partial charge in [0.15, 0.2) is 0 Å². The summed E-state index contributed by atoms with van der Waals surface area (Å²) in [5.41, 5.74) is 0. The van der Waals surface area contributed by atoms with Crippen molar-refractivity contribution in [3.8, 4) is 0 Å². The van der Waals surface area contributed by atoms with E-state index in [1.807, 2.05) is 0 Å².